The summed E-state index contributed by atoms with van der Waals surface area (Å²) in [5.41, 5.74) is 2.39. The van der Waals surface area contributed by atoms with E-state index >= 15 is 0 Å². The fourth-order valence-electron chi connectivity index (χ4n) is 1.55. The van der Waals surface area contributed by atoms with E-state index in [1.54, 1.807) is 0 Å². The molecule has 1 aliphatic heterocycles. The van der Waals surface area contributed by atoms with Gasteiger partial charge in [-0.1, -0.05) is 19.8 Å². The van der Waals surface area contributed by atoms with Gasteiger partial charge in [-0.3, -0.25) is 4.79 Å². The third-order valence-corrected chi connectivity index (χ3v) is 2.58. The molecule has 86 valence electrons. The number of carbonyl (C=O) groups excluding carboxylic acids is 2. The molecular weight excluding hydrogens is 198 g/mol. The van der Waals surface area contributed by atoms with Crippen LogP contribution in [0.3, 0.4) is 0 Å². The highest BCUT2D eigenvalue weighted by molar-refractivity contribution is 5.90. The Hall–Kier alpha value is -0.940. The van der Waals surface area contributed by atoms with Crippen molar-refractivity contribution in [3.63, 3.8) is 0 Å². The average molecular weight is 215 g/mol. The summed E-state index contributed by atoms with van der Waals surface area (Å²) in [7, 11) is 0. The zero-order valence-electron chi connectivity index (χ0n) is 8.86. The van der Waals surface area contributed by atoms with E-state index in [2.05, 4.69) is 17.2 Å². The molecule has 1 unspecified atom stereocenters. The van der Waals surface area contributed by atoms with E-state index in [1.165, 1.54) is 0 Å². The molecule has 1 fully saturated rings. The van der Waals surface area contributed by atoms with E-state index in [0.29, 0.717) is 6.42 Å². The first-order chi connectivity index (χ1) is 7.20. The second-order valence-corrected chi connectivity index (χ2v) is 3.73. The average Bonchev–Trinajstić information content (AvgIpc) is 2.23. The van der Waals surface area contributed by atoms with E-state index in [9.17, 15) is 9.59 Å². The Morgan fingerprint density at radius 2 is 2.33 bits per heavy atom. The number of hydrogen-bond acceptors (Lipinski definition) is 5. The van der Waals surface area contributed by atoms with Crippen LogP contribution in [-0.2, 0) is 14.4 Å². The van der Waals surface area contributed by atoms with Gasteiger partial charge in [0.2, 0.25) is 0 Å². The molecule has 2 N–H and O–H groups in total. The standard InChI is InChI=1S/C10H17NO4/c1-2-3-4-5-8(13)7(6-12)9-10(14)15-11-9/h7,9,11-12H,2-6H2,1H3/t7?,9-/m0/s1. The van der Waals surface area contributed by atoms with Gasteiger partial charge >= 0.3 is 5.97 Å². The summed E-state index contributed by atoms with van der Waals surface area (Å²) in [6.45, 7) is 1.75. The predicted molar refractivity (Wildman–Crippen MR) is 52.7 cm³/mol. The van der Waals surface area contributed by atoms with Crippen molar-refractivity contribution in [1.82, 2.24) is 5.48 Å². The van der Waals surface area contributed by atoms with Crippen molar-refractivity contribution in [2.24, 2.45) is 5.92 Å². The van der Waals surface area contributed by atoms with Gasteiger partial charge in [0.1, 0.15) is 5.78 Å². The molecular formula is C10H17NO4. The van der Waals surface area contributed by atoms with E-state index in [4.69, 9.17) is 5.11 Å². The van der Waals surface area contributed by atoms with Crippen LogP contribution in [-0.4, -0.2) is 29.5 Å². The third kappa shape index (κ3) is 3.00. The fourth-order valence-corrected chi connectivity index (χ4v) is 1.55. The molecule has 0 saturated carbocycles. The van der Waals surface area contributed by atoms with Gasteiger partial charge in [-0.2, -0.15) is 0 Å². The van der Waals surface area contributed by atoms with Gasteiger partial charge < -0.3 is 9.94 Å². The van der Waals surface area contributed by atoms with E-state index in [-0.39, 0.29) is 12.4 Å². The molecule has 1 saturated heterocycles. The summed E-state index contributed by atoms with van der Waals surface area (Å²) in [6, 6.07) is -0.649. The molecule has 1 aliphatic rings. The maximum atomic E-state index is 11.6. The summed E-state index contributed by atoms with van der Waals surface area (Å²) < 4.78 is 0. The summed E-state index contributed by atoms with van der Waals surface area (Å²) in [5.74, 6) is -1.18. The minimum Gasteiger partial charge on any atom is -0.396 e. The highest BCUT2D eigenvalue weighted by Gasteiger charge is 2.41. The zero-order valence-corrected chi connectivity index (χ0v) is 8.86. The van der Waals surface area contributed by atoms with Crippen LogP contribution in [0.15, 0.2) is 0 Å². The Kier molecular flexibility index (Phi) is 4.71. The van der Waals surface area contributed by atoms with Crippen molar-refractivity contribution in [2.75, 3.05) is 6.61 Å². The van der Waals surface area contributed by atoms with Crippen molar-refractivity contribution < 1.29 is 19.5 Å². The molecule has 0 aromatic rings. The van der Waals surface area contributed by atoms with Crippen molar-refractivity contribution in [1.29, 1.82) is 0 Å². The highest BCUT2D eigenvalue weighted by Crippen LogP contribution is 2.16. The molecule has 5 nitrogen and oxygen atoms in total. The largest absolute Gasteiger partial charge is 0.396 e. The van der Waals surface area contributed by atoms with Crippen molar-refractivity contribution >= 4 is 11.8 Å². The van der Waals surface area contributed by atoms with Gasteiger partial charge in [0, 0.05) is 6.42 Å². The third-order valence-electron chi connectivity index (χ3n) is 2.58. The molecule has 0 spiro atoms. The van der Waals surface area contributed by atoms with Gasteiger partial charge in [0.25, 0.3) is 0 Å². The Labute approximate surface area is 88.8 Å². The van der Waals surface area contributed by atoms with E-state index in [1.807, 2.05) is 0 Å². The molecule has 1 rings (SSSR count). The lowest BCUT2D eigenvalue weighted by molar-refractivity contribution is -0.187. The number of aliphatic hydroxyl groups excluding tert-OH is 1. The van der Waals surface area contributed by atoms with Gasteiger partial charge in [-0.15, -0.1) is 5.48 Å². The van der Waals surface area contributed by atoms with Crippen LogP contribution in [0, 0.1) is 5.92 Å². The minimum absolute atomic E-state index is 0.0694. The number of unbranched alkanes of at least 4 members (excludes halogenated alkanes) is 2. The molecule has 1 heterocycles. The first-order valence-electron chi connectivity index (χ1n) is 5.30. The molecule has 0 aliphatic carbocycles. The van der Waals surface area contributed by atoms with Crippen molar-refractivity contribution in [3.05, 3.63) is 0 Å². The summed E-state index contributed by atoms with van der Waals surface area (Å²) in [5, 5.41) is 9.04. The normalized spacial score (nSPS) is 21.7. The van der Waals surface area contributed by atoms with E-state index in [0.717, 1.165) is 19.3 Å². The second-order valence-electron chi connectivity index (χ2n) is 3.73. The Bertz CT molecular complexity index is 242. The number of nitrogens with one attached hydrogen (secondary N) is 1. The first kappa shape index (κ1) is 12.1. The zero-order chi connectivity index (χ0) is 11.3. The maximum absolute atomic E-state index is 11.6. The molecule has 0 aromatic carbocycles. The lowest BCUT2D eigenvalue weighted by Crippen LogP contribution is -2.58. The number of aliphatic hydroxyl groups is 1. The molecule has 2 atom stereocenters. The highest BCUT2D eigenvalue weighted by atomic mass is 16.7. The second kappa shape index (κ2) is 5.82. The predicted octanol–water partition coefficient (Wildman–Crippen LogP) is 0.174. The minimum atomic E-state index is -0.650. The monoisotopic (exact) mass is 215 g/mol. The molecule has 0 bridgehead atoms. The maximum Gasteiger partial charge on any atom is 0.346 e. The summed E-state index contributed by atoms with van der Waals surface area (Å²) >= 11 is 0. The Balaban J connectivity index is 2.36. The van der Waals surface area contributed by atoms with Gasteiger partial charge in [-0.05, 0) is 6.42 Å². The number of hydroxylamine groups is 1. The van der Waals surface area contributed by atoms with Crippen LogP contribution in [0.2, 0.25) is 0 Å². The molecule has 0 aromatic heterocycles. The van der Waals surface area contributed by atoms with E-state index < -0.39 is 17.9 Å². The molecule has 5 heteroatoms. The van der Waals surface area contributed by atoms with Gasteiger partial charge in [0.05, 0.1) is 12.5 Å². The lowest BCUT2D eigenvalue weighted by atomic mass is 9.92. The molecule has 15 heavy (non-hydrogen) atoms. The smallest absolute Gasteiger partial charge is 0.346 e. The van der Waals surface area contributed by atoms with Crippen LogP contribution in [0.25, 0.3) is 0 Å². The van der Waals surface area contributed by atoms with Crippen LogP contribution in [0.5, 0.6) is 0 Å². The molecule has 0 amide bonds. The van der Waals surface area contributed by atoms with Gasteiger partial charge in [-0.25, -0.2) is 4.79 Å². The summed E-state index contributed by atoms with van der Waals surface area (Å²) in [4.78, 5) is 26.9. The Morgan fingerprint density at radius 1 is 1.60 bits per heavy atom. The number of carbonyl (C=O) groups is 2. The summed E-state index contributed by atoms with van der Waals surface area (Å²) in [6.07, 6.45) is 3.27. The number of Topliss-reactive ketones (excluding diaryl/α,β-unsaturated/α-hetero) is 1. The number of ketones is 1. The number of rotatable bonds is 7. The number of hydrogen-bond donors (Lipinski definition) is 2. The quantitative estimate of drug-likeness (QED) is 0.592. The van der Waals surface area contributed by atoms with Crippen molar-refractivity contribution in [3.8, 4) is 0 Å². The molecule has 0 radical (unpaired) electrons. The SMILES string of the molecule is CCCCCC(=O)C(CO)[C@@H]1NOC1=O. The van der Waals surface area contributed by atoms with Gasteiger partial charge in [0.15, 0.2) is 6.04 Å². The lowest BCUT2D eigenvalue weighted by Gasteiger charge is -2.30. The van der Waals surface area contributed by atoms with Crippen LogP contribution >= 0.6 is 0 Å². The Morgan fingerprint density at radius 3 is 2.73 bits per heavy atom. The van der Waals surface area contributed by atoms with Crippen molar-refractivity contribution in [2.45, 2.75) is 38.6 Å². The van der Waals surface area contributed by atoms with Crippen LogP contribution < -0.4 is 5.48 Å². The topological polar surface area (TPSA) is 75.6 Å². The van der Waals surface area contributed by atoms with Crippen LogP contribution in [0.4, 0.5) is 0 Å². The first-order valence-corrected chi connectivity index (χ1v) is 5.30. The van der Waals surface area contributed by atoms with Crippen LogP contribution in [0.1, 0.15) is 32.6 Å². The fraction of sp³-hybridized carbons (Fsp3) is 0.800.